The van der Waals surface area contributed by atoms with Gasteiger partial charge in [0.1, 0.15) is 6.04 Å². The zero-order valence-corrected chi connectivity index (χ0v) is 19.8. The maximum atomic E-state index is 12.6. The predicted molar refractivity (Wildman–Crippen MR) is 121 cm³/mol. The molecule has 0 aliphatic heterocycles. The molecule has 0 saturated heterocycles. The summed E-state index contributed by atoms with van der Waals surface area (Å²) in [5.41, 5.74) is 0.708. The number of anilines is 1. The van der Waals surface area contributed by atoms with E-state index in [2.05, 4.69) is 24.8 Å². The molecule has 1 atom stereocenters. The van der Waals surface area contributed by atoms with Gasteiger partial charge in [-0.2, -0.15) is 4.72 Å². The number of methoxy groups -OCH3 is 1. The molecule has 2 aromatic rings. The highest BCUT2D eigenvalue weighted by atomic mass is 32.2. The van der Waals surface area contributed by atoms with E-state index in [1.54, 1.807) is 12.1 Å². The molecule has 192 valence electrons. The molecular formula is C22H26F3N3O6S. The Kier molecular flexibility index (Phi) is 9.89. The number of aryl methyl sites for hydroxylation is 1. The van der Waals surface area contributed by atoms with Gasteiger partial charge in [-0.3, -0.25) is 4.79 Å². The molecule has 0 radical (unpaired) electrons. The Balaban J connectivity index is 1.85. The van der Waals surface area contributed by atoms with Gasteiger partial charge in [-0.25, -0.2) is 13.2 Å². The van der Waals surface area contributed by atoms with Crippen LogP contribution in [0.5, 0.6) is 5.75 Å². The van der Waals surface area contributed by atoms with Gasteiger partial charge < -0.3 is 20.1 Å². The number of para-hydroxylation sites is 2. The SMILES string of the molecule is COC(=O)C(CCCCNC(=O)Nc1ccccc1OC(F)(F)F)NS(=O)(=O)c1ccc(C)cc1. The lowest BCUT2D eigenvalue weighted by Gasteiger charge is -2.17. The number of nitrogens with one attached hydrogen (secondary N) is 3. The van der Waals surface area contributed by atoms with Crippen molar-refractivity contribution in [2.45, 2.75) is 43.5 Å². The molecule has 0 saturated carbocycles. The van der Waals surface area contributed by atoms with Gasteiger partial charge in [-0.1, -0.05) is 29.8 Å². The Labute approximate surface area is 201 Å². The summed E-state index contributed by atoms with van der Waals surface area (Å²) in [6, 6.07) is 9.30. The maximum absolute atomic E-state index is 12.6. The number of hydrogen-bond donors (Lipinski definition) is 3. The molecule has 3 N–H and O–H groups in total. The van der Waals surface area contributed by atoms with Crippen LogP contribution in [0.2, 0.25) is 0 Å². The number of unbranched alkanes of at least 4 members (excludes halogenated alkanes) is 1. The van der Waals surface area contributed by atoms with Gasteiger partial charge in [0.2, 0.25) is 10.0 Å². The Morgan fingerprint density at radius 2 is 1.69 bits per heavy atom. The molecule has 0 spiro atoms. The van der Waals surface area contributed by atoms with Crippen molar-refractivity contribution in [3.8, 4) is 5.75 Å². The molecule has 0 bridgehead atoms. The summed E-state index contributed by atoms with van der Waals surface area (Å²) in [5, 5.41) is 4.75. The van der Waals surface area contributed by atoms with Gasteiger partial charge in [0.15, 0.2) is 5.75 Å². The van der Waals surface area contributed by atoms with Crippen molar-refractivity contribution < 1.29 is 40.7 Å². The third-order valence-corrected chi connectivity index (χ3v) is 6.17. The lowest BCUT2D eigenvalue weighted by molar-refractivity contribution is -0.274. The Bertz CT molecular complexity index is 1110. The van der Waals surface area contributed by atoms with Gasteiger partial charge in [-0.15, -0.1) is 13.2 Å². The summed E-state index contributed by atoms with van der Waals surface area (Å²) in [6.45, 7) is 1.93. The number of esters is 1. The van der Waals surface area contributed by atoms with Crippen LogP contribution in [0.15, 0.2) is 53.4 Å². The number of amides is 2. The fraction of sp³-hybridized carbons (Fsp3) is 0.364. The van der Waals surface area contributed by atoms with Crippen LogP contribution in [0.1, 0.15) is 24.8 Å². The molecule has 35 heavy (non-hydrogen) atoms. The number of ether oxygens (including phenoxy) is 2. The highest BCUT2D eigenvalue weighted by Gasteiger charge is 2.32. The molecule has 9 nitrogen and oxygen atoms in total. The minimum atomic E-state index is -4.91. The van der Waals surface area contributed by atoms with E-state index in [9.17, 15) is 31.2 Å². The maximum Gasteiger partial charge on any atom is 0.573 e. The van der Waals surface area contributed by atoms with Crippen LogP contribution in [0.4, 0.5) is 23.7 Å². The van der Waals surface area contributed by atoms with Gasteiger partial charge in [0.25, 0.3) is 0 Å². The quantitative estimate of drug-likeness (QED) is 0.309. The number of carbonyl (C=O) groups is 2. The van der Waals surface area contributed by atoms with E-state index in [0.29, 0.717) is 12.8 Å². The molecule has 2 amide bonds. The lowest BCUT2D eigenvalue weighted by atomic mass is 10.1. The molecule has 0 aliphatic rings. The van der Waals surface area contributed by atoms with Crippen LogP contribution in [-0.4, -0.2) is 46.5 Å². The zero-order chi connectivity index (χ0) is 26.1. The number of alkyl halides is 3. The second kappa shape index (κ2) is 12.4. The van der Waals surface area contributed by atoms with Crippen LogP contribution >= 0.6 is 0 Å². The molecule has 13 heteroatoms. The van der Waals surface area contributed by atoms with Crippen LogP contribution in [0.3, 0.4) is 0 Å². The average Bonchev–Trinajstić information content (AvgIpc) is 2.78. The molecule has 1 unspecified atom stereocenters. The van der Waals surface area contributed by atoms with E-state index in [1.807, 2.05) is 6.92 Å². The average molecular weight is 518 g/mol. The number of hydrogen-bond acceptors (Lipinski definition) is 6. The number of halogens is 3. The van der Waals surface area contributed by atoms with Gasteiger partial charge in [0.05, 0.1) is 17.7 Å². The standard InChI is InChI=1S/C22H26F3N3O6S/c1-15-10-12-16(13-11-15)35(31,32)28-18(20(29)33-2)8-5-6-14-26-21(30)27-17-7-3-4-9-19(17)34-22(23,24)25/h3-4,7,9-13,18,28H,5-6,8,14H2,1-2H3,(H2,26,27,30). The predicted octanol–water partition coefficient (Wildman–Crippen LogP) is 3.71. The van der Waals surface area contributed by atoms with E-state index in [0.717, 1.165) is 18.7 Å². The summed E-state index contributed by atoms with van der Waals surface area (Å²) in [5.74, 6) is -1.32. The highest BCUT2D eigenvalue weighted by molar-refractivity contribution is 7.89. The van der Waals surface area contributed by atoms with Gasteiger partial charge >= 0.3 is 18.4 Å². The number of sulfonamides is 1. The van der Waals surface area contributed by atoms with E-state index in [-0.39, 0.29) is 23.5 Å². The second-order valence-electron chi connectivity index (χ2n) is 7.43. The summed E-state index contributed by atoms with van der Waals surface area (Å²) in [6.07, 6.45) is -4.12. The van der Waals surface area contributed by atoms with Crippen LogP contribution in [0, 0.1) is 6.92 Å². The number of benzene rings is 2. The first-order valence-electron chi connectivity index (χ1n) is 10.5. The van der Waals surface area contributed by atoms with E-state index < -0.39 is 40.2 Å². The van der Waals surface area contributed by atoms with Crippen molar-refractivity contribution in [3.05, 3.63) is 54.1 Å². The summed E-state index contributed by atoms with van der Waals surface area (Å²) < 4.78 is 73.5. The fourth-order valence-corrected chi connectivity index (χ4v) is 4.18. The van der Waals surface area contributed by atoms with Crippen molar-refractivity contribution in [3.63, 3.8) is 0 Å². The van der Waals surface area contributed by atoms with Crippen molar-refractivity contribution >= 4 is 27.7 Å². The van der Waals surface area contributed by atoms with Crippen LogP contribution in [-0.2, 0) is 19.6 Å². The fourth-order valence-electron chi connectivity index (χ4n) is 2.97. The summed E-state index contributed by atoms with van der Waals surface area (Å²) in [7, 11) is -2.82. The normalized spacial score (nSPS) is 12.5. The lowest BCUT2D eigenvalue weighted by Crippen LogP contribution is -2.41. The molecule has 0 aromatic heterocycles. The van der Waals surface area contributed by atoms with E-state index in [4.69, 9.17) is 0 Å². The van der Waals surface area contributed by atoms with E-state index in [1.165, 1.54) is 30.3 Å². The Hall–Kier alpha value is -3.32. The monoisotopic (exact) mass is 517 g/mol. The topological polar surface area (TPSA) is 123 Å². The first kappa shape index (κ1) is 27.9. The summed E-state index contributed by atoms with van der Waals surface area (Å²) in [4.78, 5) is 24.1. The van der Waals surface area contributed by atoms with Crippen molar-refractivity contribution in [2.24, 2.45) is 0 Å². The van der Waals surface area contributed by atoms with Gasteiger partial charge in [0, 0.05) is 6.54 Å². The third-order valence-electron chi connectivity index (χ3n) is 4.68. The Morgan fingerprint density at radius 3 is 2.31 bits per heavy atom. The van der Waals surface area contributed by atoms with Gasteiger partial charge in [-0.05, 0) is 50.5 Å². The van der Waals surface area contributed by atoms with E-state index >= 15 is 0 Å². The molecule has 0 heterocycles. The van der Waals surface area contributed by atoms with Crippen molar-refractivity contribution in [1.29, 1.82) is 0 Å². The molecule has 2 rings (SSSR count). The van der Waals surface area contributed by atoms with Crippen LogP contribution in [0.25, 0.3) is 0 Å². The number of carbonyl (C=O) groups excluding carboxylic acids is 2. The minimum absolute atomic E-state index is 0.00475. The zero-order valence-electron chi connectivity index (χ0n) is 19.0. The first-order chi connectivity index (χ1) is 16.4. The number of urea groups is 1. The largest absolute Gasteiger partial charge is 0.573 e. The first-order valence-corrected chi connectivity index (χ1v) is 12.0. The number of rotatable bonds is 11. The minimum Gasteiger partial charge on any atom is -0.468 e. The Morgan fingerprint density at radius 1 is 1.03 bits per heavy atom. The van der Waals surface area contributed by atoms with Crippen molar-refractivity contribution in [2.75, 3.05) is 19.0 Å². The van der Waals surface area contributed by atoms with Crippen molar-refractivity contribution in [1.82, 2.24) is 10.0 Å². The summed E-state index contributed by atoms with van der Waals surface area (Å²) >= 11 is 0. The third kappa shape index (κ3) is 9.45. The smallest absolute Gasteiger partial charge is 0.468 e. The molecule has 0 fully saturated rings. The molecular weight excluding hydrogens is 491 g/mol. The van der Waals surface area contributed by atoms with Crippen LogP contribution < -0.4 is 20.1 Å². The second-order valence-corrected chi connectivity index (χ2v) is 9.14. The molecule has 2 aromatic carbocycles. The molecule has 0 aliphatic carbocycles. The highest BCUT2D eigenvalue weighted by Crippen LogP contribution is 2.29.